The number of hydrogen-bond acceptors (Lipinski definition) is 3. The Bertz CT molecular complexity index is 713. The number of fused-ring (bicyclic) bond motifs is 5. The number of esters is 1. The summed E-state index contributed by atoms with van der Waals surface area (Å²) in [6, 6.07) is 0. The Labute approximate surface area is 196 Å². The maximum Gasteiger partial charge on any atom is 0.302 e. The van der Waals surface area contributed by atoms with Gasteiger partial charge in [-0.25, -0.2) is 0 Å². The minimum Gasteiger partial charge on any atom is -0.463 e. The van der Waals surface area contributed by atoms with Crippen LogP contribution >= 0.6 is 0 Å². The van der Waals surface area contributed by atoms with Gasteiger partial charge in [0.15, 0.2) is 0 Å². The van der Waals surface area contributed by atoms with Crippen molar-refractivity contribution >= 4 is 11.8 Å². The average molecular weight is 445 g/mol. The first kappa shape index (κ1) is 24.3. The summed E-state index contributed by atoms with van der Waals surface area (Å²) in [5, 5.41) is 0. The topological polar surface area (TPSA) is 43.4 Å². The first-order valence-electron chi connectivity index (χ1n) is 13.8. The Balaban J connectivity index is 1.48. The van der Waals surface area contributed by atoms with Crippen molar-refractivity contribution in [1.29, 1.82) is 0 Å². The molecule has 0 aromatic carbocycles. The summed E-state index contributed by atoms with van der Waals surface area (Å²) in [6.45, 7) is 13.7. The molecule has 4 aliphatic rings. The molecule has 3 heteroatoms. The molecule has 4 rings (SSSR count). The second-order valence-corrected chi connectivity index (χ2v) is 13.1. The molecular formula is C29H48O3. The van der Waals surface area contributed by atoms with E-state index in [1.807, 2.05) is 0 Å². The lowest BCUT2D eigenvalue weighted by molar-refractivity contribution is -0.168. The van der Waals surface area contributed by atoms with E-state index in [4.69, 9.17) is 4.74 Å². The Morgan fingerprint density at radius 3 is 2.38 bits per heavy atom. The zero-order valence-corrected chi connectivity index (χ0v) is 21.6. The largest absolute Gasteiger partial charge is 0.463 e. The van der Waals surface area contributed by atoms with Crippen molar-refractivity contribution in [2.75, 3.05) is 0 Å². The van der Waals surface area contributed by atoms with Gasteiger partial charge in [-0.1, -0.05) is 53.9 Å². The van der Waals surface area contributed by atoms with E-state index in [1.165, 1.54) is 51.9 Å². The molecular weight excluding hydrogens is 396 g/mol. The molecule has 9 atom stereocenters. The molecule has 0 saturated heterocycles. The highest BCUT2D eigenvalue weighted by Crippen LogP contribution is 2.67. The quantitative estimate of drug-likeness (QED) is 0.406. The lowest BCUT2D eigenvalue weighted by atomic mass is 9.44. The van der Waals surface area contributed by atoms with Gasteiger partial charge in [0.1, 0.15) is 11.9 Å². The number of Topliss-reactive ketones (excluding diaryl/α,β-unsaturated/α-hetero) is 1. The third-order valence-corrected chi connectivity index (χ3v) is 11.0. The fourth-order valence-electron chi connectivity index (χ4n) is 9.26. The van der Waals surface area contributed by atoms with Crippen molar-refractivity contribution in [2.45, 2.75) is 118 Å². The maximum absolute atomic E-state index is 13.7. The maximum atomic E-state index is 13.7. The zero-order valence-electron chi connectivity index (χ0n) is 21.6. The second-order valence-electron chi connectivity index (χ2n) is 13.1. The Hall–Kier alpha value is -0.860. The highest BCUT2D eigenvalue weighted by molar-refractivity contribution is 5.83. The third kappa shape index (κ3) is 4.20. The van der Waals surface area contributed by atoms with Gasteiger partial charge in [-0.2, -0.15) is 0 Å². The summed E-state index contributed by atoms with van der Waals surface area (Å²) in [4.78, 5) is 25.2. The summed E-state index contributed by atoms with van der Waals surface area (Å²) in [5.74, 6) is 4.56. The van der Waals surface area contributed by atoms with Gasteiger partial charge >= 0.3 is 5.97 Å². The predicted octanol–water partition coefficient (Wildman–Crippen LogP) is 7.22. The SMILES string of the molecule is CC(=O)O[C@@H]1CC[C@@]2(C)[C@@H](CC(=O)[C@H]3[C@H]4CC[C@H]([C@H](C)CCCC(C)C)[C@]4(C)CC[C@H]32)C1. The van der Waals surface area contributed by atoms with Crippen LogP contribution in [0.3, 0.4) is 0 Å². The summed E-state index contributed by atoms with van der Waals surface area (Å²) in [7, 11) is 0. The summed E-state index contributed by atoms with van der Waals surface area (Å²) >= 11 is 0. The van der Waals surface area contributed by atoms with Crippen LogP contribution in [0, 0.1) is 52.3 Å². The number of hydrogen-bond donors (Lipinski definition) is 0. The molecule has 3 nitrogen and oxygen atoms in total. The van der Waals surface area contributed by atoms with Gasteiger partial charge in [-0.05, 0) is 91.3 Å². The van der Waals surface area contributed by atoms with E-state index in [9.17, 15) is 9.59 Å². The van der Waals surface area contributed by atoms with E-state index >= 15 is 0 Å². The van der Waals surface area contributed by atoms with Crippen LogP contribution in [0.2, 0.25) is 0 Å². The second kappa shape index (κ2) is 9.06. The third-order valence-electron chi connectivity index (χ3n) is 11.0. The molecule has 0 heterocycles. The van der Waals surface area contributed by atoms with Crippen LogP contribution in [-0.4, -0.2) is 17.9 Å². The van der Waals surface area contributed by atoms with E-state index in [-0.39, 0.29) is 23.4 Å². The molecule has 0 radical (unpaired) electrons. The Morgan fingerprint density at radius 2 is 1.69 bits per heavy atom. The van der Waals surface area contributed by atoms with Crippen molar-refractivity contribution in [3.63, 3.8) is 0 Å². The van der Waals surface area contributed by atoms with E-state index in [2.05, 4.69) is 34.6 Å². The molecule has 182 valence electrons. The minimum absolute atomic E-state index is 0.0198. The van der Waals surface area contributed by atoms with E-state index in [0.717, 1.165) is 43.4 Å². The molecule has 0 aliphatic heterocycles. The van der Waals surface area contributed by atoms with Crippen LogP contribution < -0.4 is 0 Å². The fourth-order valence-corrected chi connectivity index (χ4v) is 9.26. The molecule has 0 amide bonds. The molecule has 4 aliphatic carbocycles. The molecule has 4 saturated carbocycles. The summed E-state index contributed by atoms with van der Waals surface area (Å²) in [6.07, 6.45) is 12.9. The Morgan fingerprint density at radius 1 is 1.00 bits per heavy atom. The first-order chi connectivity index (χ1) is 15.1. The molecule has 0 bridgehead atoms. The molecule has 0 aromatic heterocycles. The molecule has 0 N–H and O–H groups in total. The molecule has 0 spiro atoms. The van der Waals surface area contributed by atoms with Crippen molar-refractivity contribution in [3.8, 4) is 0 Å². The molecule has 0 aromatic rings. The highest BCUT2D eigenvalue weighted by Gasteiger charge is 2.63. The van der Waals surface area contributed by atoms with Crippen molar-refractivity contribution in [1.82, 2.24) is 0 Å². The standard InChI is InChI=1S/C29H48O3/c1-18(2)8-7-9-19(3)23-10-11-24-27-25(13-15-29(23,24)6)28(5)14-12-22(32-20(4)30)16-21(28)17-26(27)31/h18-19,21-25,27H,7-17H2,1-6H3/t19-,21-,22-,23-,24-,25-,27+,28+,29+/m1/s1. The monoisotopic (exact) mass is 444 g/mol. The van der Waals surface area contributed by atoms with Crippen molar-refractivity contribution in [3.05, 3.63) is 0 Å². The van der Waals surface area contributed by atoms with Crippen LogP contribution in [0.4, 0.5) is 0 Å². The molecule has 4 fully saturated rings. The smallest absolute Gasteiger partial charge is 0.302 e. The average Bonchev–Trinajstić information content (AvgIpc) is 3.05. The fraction of sp³-hybridized carbons (Fsp3) is 0.931. The van der Waals surface area contributed by atoms with Crippen LogP contribution in [0.25, 0.3) is 0 Å². The normalized spacial score (nSPS) is 44.5. The van der Waals surface area contributed by atoms with Crippen LogP contribution in [-0.2, 0) is 14.3 Å². The van der Waals surface area contributed by atoms with Crippen LogP contribution in [0.5, 0.6) is 0 Å². The van der Waals surface area contributed by atoms with Gasteiger partial charge in [0, 0.05) is 19.3 Å². The molecule has 0 unspecified atom stereocenters. The van der Waals surface area contributed by atoms with Gasteiger partial charge in [-0.3, -0.25) is 9.59 Å². The predicted molar refractivity (Wildman–Crippen MR) is 129 cm³/mol. The number of rotatable bonds is 6. The van der Waals surface area contributed by atoms with E-state index in [0.29, 0.717) is 29.0 Å². The van der Waals surface area contributed by atoms with Crippen molar-refractivity contribution < 1.29 is 14.3 Å². The van der Waals surface area contributed by atoms with Gasteiger partial charge in [0.05, 0.1) is 0 Å². The summed E-state index contributed by atoms with van der Waals surface area (Å²) < 4.78 is 5.58. The van der Waals surface area contributed by atoms with Crippen LogP contribution in [0.15, 0.2) is 0 Å². The lowest BCUT2D eigenvalue weighted by Gasteiger charge is -2.60. The highest BCUT2D eigenvalue weighted by atomic mass is 16.5. The first-order valence-corrected chi connectivity index (χ1v) is 13.8. The number of carbonyl (C=O) groups excluding carboxylic acids is 2. The van der Waals surface area contributed by atoms with Gasteiger partial charge in [0.25, 0.3) is 0 Å². The van der Waals surface area contributed by atoms with Crippen LogP contribution in [0.1, 0.15) is 112 Å². The van der Waals surface area contributed by atoms with Gasteiger partial charge < -0.3 is 4.74 Å². The zero-order chi connectivity index (χ0) is 23.3. The number of ether oxygens (including phenoxy) is 1. The molecule has 32 heavy (non-hydrogen) atoms. The van der Waals surface area contributed by atoms with Gasteiger partial charge in [-0.15, -0.1) is 0 Å². The van der Waals surface area contributed by atoms with Crippen molar-refractivity contribution in [2.24, 2.45) is 52.3 Å². The summed E-state index contributed by atoms with van der Waals surface area (Å²) in [5.41, 5.74) is 0.601. The Kier molecular flexibility index (Phi) is 6.87. The minimum atomic E-state index is -0.174. The number of ketones is 1. The van der Waals surface area contributed by atoms with E-state index in [1.54, 1.807) is 0 Å². The lowest BCUT2D eigenvalue weighted by Crippen LogP contribution is -2.57. The van der Waals surface area contributed by atoms with Gasteiger partial charge in [0.2, 0.25) is 0 Å². The number of carbonyl (C=O) groups is 2. The van der Waals surface area contributed by atoms with E-state index < -0.39 is 0 Å².